The van der Waals surface area contributed by atoms with E-state index in [-0.39, 0.29) is 28.7 Å². The number of ether oxygens (including phenoxy) is 2. The van der Waals surface area contributed by atoms with Crippen LogP contribution in [0.4, 0.5) is 11.5 Å². The summed E-state index contributed by atoms with van der Waals surface area (Å²) in [6.45, 7) is 5.85. The number of halogens is 1. The zero-order valence-corrected chi connectivity index (χ0v) is 20.3. The van der Waals surface area contributed by atoms with E-state index < -0.39 is 5.97 Å². The normalized spacial score (nSPS) is 16.7. The van der Waals surface area contributed by atoms with Crippen molar-refractivity contribution in [2.75, 3.05) is 43.6 Å². The molecule has 0 aliphatic carbocycles. The molecule has 3 aromatic rings. The van der Waals surface area contributed by atoms with Crippen molar-refractivity contribution < 1.29 is 19.4 Å². The van der Waals surface area contributed by atoms with Gasteiger partial charge < -0.3 is 24.8 Å². The minimum Gasteiger partial charge on any atom is -0.476 e. The van der Waals surface area contributed by atoms with E-state index in [0.717, 1.165) is 11.1 Å². The largest absolute Gasteiger partial charge is 0.476 e. The number of morpholine rings is 1. The number of pyridine rings is 1. The van der Waals surface area contributed by atoms with Crippen LogP contribution in [0.15, 0.2) is 24.3 Å². The lowest BCUT2D eigenvalue weighted by Gasteiger charge is -2.33. The van der Waals surface area contributed by atoms with Gasteiger partial charge in [0.2, 0.25) is 0 Å². The fourth-order valence-electron chi connectivity index (χ4n) is 4.17. The molecule has 1 aliphatic rings. The maximum atomic E-state index is 11.7. The lowest BCUT2D eigenvalue weighted by atomic mass is 10.0. The van der Waals surface area contributed by atoms with Gasteiger partial charge in [-0.2, -0.15) is 5.26 Å². The highest BCUT2D eigenvalue weighted by molar-refractivity contribution is 6.29. The van der Waals surface area contributed by atoms with Crippen molar-refractivity contribution in [1.82, 2.24) is 15.0 Å². The van der Waals surface area contributed by atoms with E-state index in [1.54, 1.807) is 13.2 Å². The molecule has 1 aliphatic heterocycles. The molecule has 4 rings (SSSR count). The van der Waals surface area contributed by atoms with Crippen molar-refractivity contribution in [3.8, 4) is 6.07 Å². The van der Waals surface area contributed by atoms with Crippen LogP contribution in [0.1, 0.15) is 40.3 Å². The van der Waals surface area contributed by atoms with Gasteiger partial charge in [-0.3, -0.25) is 0 Å². The van der Waals surface area contributed by atoms with E-state index in [1.807, 2.05) is 30.9 Å². The summed E-state index contributed by atoms with van der Waals surface area (Å²) in [5.41, 5.74) is 3.36. The number of hydrogen-bond donors (Lipinski definition) is 2. The van der Waals surface area contributed by atoms with Gasteiger partial charge in [-0.1, -0.05) is 17.7 Å². The second kappa shape index (κ2) is 10.4. The highest BCUT2D eigenvalue weighted by Gasteiger charge is 2.26. The highest BCUT2D eigenvalue weighted by atomic mass is 35.5. The first kappa shape index (κ1) is 24.6. The number of hydrogen-bond acceptors (Lipinski definition) is 9. The molecule has 0 saturated carbocycles. The third kappa shape index (κ3) is 5.27. The molecule has 0 bridgehead atoms. The number of aromatic nitrogens is 3. The molecule has 1 aromatic carbocycles. The number of carboxylic acids is 1. The van der Waals surface area contributed by atoms with Crippen LogP contribution in [0, 0.1) is 18.3 Å². The first-order valence-electron chi connectivity index (χ1n) is 11.0. The van der Waals surface area contributed by atoms with E-state index in [4.69, 9.17) is 26.1 Å². The zero-order valence-electron chi connectivity index (χ0n) is 19.6. The molecular formula is C24H25ClN6O4. The molecule has 182 valence electrons. The Balaban J connectivity index is 1.76. The number of anilines is 2. The van der Waals surface area contributed by atoms with E-state index in [2.05, 4.69) is 21.4 Å². The average molecular weight is 497 g/mol. The Labute approximate surface area is 207 Å². The molecule has 2 N–H and O–H groups in total. The maximum Gasteiger partial charge on any atom is 0.356 e. The maximum absolute atomic E-state index is 11.7. The van der Waals surface area contributed by atoms with Crippen molar-refractivity contribution in [2.45, 2.75) is 26.0 Å². The van der Waals surface area contributed by atoms with Crippen LogP contribution in [0.5, 0.6) is 0 Å². The molecule has 3 heterocycles. The van der Waals surface area contributed by atoms with Crippen molar-refractivity contribution in [2.24, 2.45) is 0 Å². The number of carbonyl (C=O) groups is 1. The molecule has 0 spiro atoms. The lowest BCUT2D eigenvalue weighted by molar-refractivity contribution is -0.0102. The molecule has 1 fully saturated rings. The molecule has 0 radical (unpaired) electrons. The zero-order chi connectivity index (χ0) is 25.1. The van der Waals surface area contributed by atoms with E-state index in [9.17, 15) is 15.2 Å². The van der Waals surface area contributed by atoms with Crippen LogP contribution in [-0.2, 0) is 9.47 Å². The second-order valence-corrected chi connectivity index (χ2v) is 8.71. The quantitative estimate of drug-likeness (QED) is 0.467. The molecule has 35 heavy (non-hydrogen) atoms. The second-order valence-electron chi connectivity index (χ2n) is 8.32. The Kier molecular flexibility index (Phi) is 7.31. The summed E-state index contributed by atoms with van der Waals surface area (Å²) in [5, 5.41) is 22.7. The third-order valence-electron chi connectivity index (χ3n) is 5.72. The fraction of sp³-hybridized carbons (Fsp3) is 0.375. The average Bonchev–Trinajstić information content (AvgIpc) is 2.84. The predicted octanol–water partition coefficient (Wildman–Crippen LogP) is 3.58. The highest BCUT2D eigenvalue weighted by Crippen LogP contribution is 2.31. The third-order valence-corrected chi connectivity index (χ3v) is 5.94. The smallest absolute Gasteiger partial charge is 0.356 e. The number of fused-ring (bicyclic) bond motifs is 1. The molecule has 2 aromatic heterocycles. The molecule has 10 nitrogen and oxygen atoms in total. The van der Waals surface area contributed by atoms with E-state index in [0.29, 0.717) is 48.8 Å². The predicted molar refractivity (Wildman–Crippen MR) is 131 cm³/mol. The van der Waals surface area contributed by atoms with Gasteiger partial charge in [0.1, 0.15) is 11.2 Å². The summed E-state index contributed by atoms with van der Waals surface area (Å²) >= 11 is 5.89. The molecule has 0 amide bonds. The van der Waals surface area contributed by atoms with E-state index >= 15 is 0 Å². The number of benzene rings is 1. The lowest BCUT2D eigenvalue weighted by Crippen LogP contribution is -2.45. The van der Waals surface area contributed by atoms with Crippen LogP contribution in [0.25, 0.3) is 11.0 Å². The van der Waals surface area contributed by atoms with Crippen molar-refractivity contribution in [1.29, 1.82) is 5.26 Å². The number of methoxy groups -OCH3 is 1. The standard InChI is InChI=1S/C24H25ClN6O4/c1-13-8-16(14(2)27-17-4-5-20(25)29-22(17)24(32)33)21-18(9-13)28-19(10-26)23(30-21)31-6-7-35-15(11-31)12-34-3/h4-5,8-9,14-15,27H,6-7,11-12H2,1-3H3,(H,32,33)/t14-,15+/m1/s1. The van der Waals surface area contributed by atoms with Gasteiger partial charge in [0.15, 0.2) is 17.2 Å². The summed E-state index contributed by atoms with van der Waals surface area (Å²) in [5.74, 6) is -0.698. The van der Waals surface area contributed by atoms with Crippen LogP contribution >= 0.6 is 11.6 Å². The van der Waals surface area contributed by atoms with Crippen molar-refractivity contribution in [3.05, 3.63) is 51.9 Å². The molecule has 2 atom stereocenters. The first-order valence-corrected chi connectivity index (χ1v) is 11.4. The van der Waals surface area contributed by atoms with Gasteiger partial charge in [0, 0.05) is 25.8 Å². The summed E-state index contributed by atoms with van der Waals surface area (Å²) in [6, 6.07) is 8.80. The topological polar surface area (TPSA) is 133 Å². The number of rotatable bonds is 7. The Morgan fingerprint density at radius 2 is 2.20 bits per heavy atom. The van der Waals surface area contributed by atoms with Gasteiger partial charge >= 0.3 is 5.97 Å². The minimum absolute atomic E-state index is 0.0958. The van der Waals surface area contributed by atoms with Gasteiger partial charge in [-0.15, -0.1) is 0 Å². The Morgan fingerprint density at radius 1 is 1.40 bits per heavy atom. The Hall–Kier alpha value is -3.52. The number of nitriles is 1. The summed E-state index contributed by atoms with van der Waals surface area (Å²) in [7, 11) is 1.62. The van der Waals surface area contributed by atoms with Gasteiger partial charge in [-0.25, -0.2) is 19.7 Å². The number of carboxylic acid groups (broad SMARTS) is 1. The summed E-state index contributed by atoms with van der Waals surface area (Å²) in [6.07, 6.45) is -0.136. The van der Waals surface area contributed by atoms with Gasteiger partial charge in [-0.05, 0) is 37.6 Å². The fourth-order valence-corrected chi connectivity index (χ4v) is 4.32. The summed E-state index contributed by atoms with van der Waals surface area (Å²) < 4.78 is 11.0. The molecule has 0 unspecified atom stereocenters. The van der Waals surface area contributed by atoms with Crippen LogP contribution in [0.3, 0.4) is 0 Å². The van der Waals surface area contributed by atoms with Gasteiger partial charge in [0.25, 0.3) is 0 Å². The molecule has 1 saturated heterocycles. The Morgan fingerprint density at radius 3 is 2.91 bits per heavy atom. The summed E-state index contributed by atoms with van der Waals surface area (Å²) in [4.78, 5) is 27.1. The van der Waals surface area contributed by atoms with E-state index in [1.165, 1.54) is 6.07 Å². The number of aromatic carboxylic acids is 1. The molecular weight excluding hydrogens is 472 g/mol. The van der Waals surface area contributed by atoms with Crippen LogP contribution in [0.2, 0.25) is 5.15 Å². The SMILES string of the molecule is COC[C@@H]1CN(c2nc3c([C@@H](C)Nc4ccc(Cl)nc4C(=O)O)cc(C)cc3nc2C#N)CCO1. The first-order chi connectivity index (χ1) is 16.8. The van der Waals surface area contributed by atoms with Crippen molar-refractivity contribution in [3.63, 3.8) is 0 Å². The van der Waals surface area contributed by atoms with Crippen LogP contribution < -0.4 is 10.2 Å². The minimum atomic E-state index is -1.19. The number of aryl methyl sites for hydroxylation is 1. The number of nitrogens with zero attached hydrogens (tertiary/aromatic N) is 5. The van der Waals surface area contributed by atoms with Crippen molar-refractivity contribution >= 4 is 40.1 Å². The monoisotopic (exact) mass is 496 g/mol. The molecule has 11 heteroatoms. The van der Waals surface area contributed by atoms with Gasteiger partial charge in [0.05, 0.1) is 42.1 Å². The number of nitrogens with one attached hydrogen (secondary N) is 1. The van der Waals surface area contributed by atoms with Crippen LogP contribution in [-0.4, -0.2) is 65.5 Å². The Bertz CT molecular complexity index is 1310.